The molecule has 10 heteroatoms. The normalized spacial score (nSPS) is 15.8. The number of fused-ring (bicyclic) bond motifs is 1. The number of hydrogen-bond donors (Lipinski definition) is 1. The topological polar surface area (TPSA) is 117 Å². The number of carbonyl (C=O) groups excluding carboxylic acids is 2. The van der Waals surface area contributed by atoms with E-state index in [-0.39, 0.29) is 24.8 Å². The maximum atomic E-state index is 13.3. The van der Waals surface area contributed by atoms with Crippen molar-refractivity contribution in [2.24, 2.45) is 0 Å². The Balaban J connectivity index is 1.21. The van der Waals surface area contributed by atoms with Crippen LogP contribution in [0.3, 0.4) is 0 Å². The first-order valence-electron chi connectivity index (χ1n) is 11.7. The molecule has 1 aliphatic heterocycles. The summed E-state index contributed by atoms with van der Waals surface area (Å²) in [6.45, 7) is 0.106. The van der Waals surface area contributed by atoms with Crippen molar-refractivity contribution in [3.63, 3.8) is 0 Å². The molecule has 0 radical (unpaired) electrons. The van der Waals surface area contributed by atoms with Gasteiger partial charge in [-0.3, -0.25) is 19.0 Å². The van der Waals surface area contributed by atoms with Crippen molar-refractivity contribution >= 4 is 28.6 Å². The van der Waals surface area contributed by atoms with Gasteiger partial charge >= 0.3 is 11.3 Å². The number of benzene rings is 3. The molecule has 5 aromatic rings. The molecule has 1 aliphatic rings. The number of oxazole rings is 1. The number of para-hydroxylation sites is 3. The van der Waals surface area contributed by atoms with Crippen molar-refractivity contribution in [2.75, 3.05) is 11.9 Å². The molecule has 6 rings (SSSR count). The van der Waals surface area contributed by atoms with Gasteiger partial charge in [0.05, 0.1) is 24.7 Å². The zero-order valence-corrected chi connectivity index (χ0v) is 19.8. The summed E-state index contributed by atoms with van der Waals surface area (Å²) in [4.78, 5) is 45.9. The Labute approximate surface area is 210 Å². The molecule has 0 spiro atoms. The van der Waals surface area contributed by atoms with Crippen molar-refractivity contribution in [1.82, 2.24) is 15.2 Å². The number of nitrogens with zero attached hydrogens (tertiary/aromatic N) is 4. The van der Waals surface area contributed by atoms with E-state index in [1.807, 2.05) is 54.6 Å². The smallest absolute Gasteiger partial charge is 0.431 e. The van der Waals surface area contributed by atoms with Gasteiger partial charge in [-0.2, -0.15) is 0 Å². The monoisotopic (exact) mass is 496 g/mol. The van der Waals surface area contributed by atoms with Gasteiger partial charge in [0.2, 0.25) is 17.5 Å². The van der Waals surface area contributed by atoms with Gasteiger partial charge in [0.15, 0.2) is 5.58 Å². The second kappa shape index (κ2) is 8.99. The summed E-state index contributed by atoms with van der Waals surface area (Å²) >= 11 is 0. The van der Waals surface area contributed by atoms with Crippen LogP contribution in [0.2, 0.25) is 0 Å². The number of nitrogens with one attached hydrogen (secondary N) is 1. The molecule has 1 saturated heterocycles. The molecule has 0 saturated carbocycles. The lowest BCUT2D eigenvalue weighted by molar-refractivity contribution is -0.678. The van der Waals surface area contributed by atoms with Crippen molar-refractivity contribution in [3.05, 3.63) is 95.0 Å². The molecule has 1 N–H and O–H groups in total. The first-order chi connectivity index (χ1) is 18.0. The van der Waals surface area contributed by atoms with E-state index in [2.05, 4.69) is 10.3 Å². The Morgan fingerprint density at radius 3 is 2.49 bits per heavy atom. The predicted molar refractivity (Wildman–Crippen MR) is 133 cm³/mol. The average Bonchev–Trinajstić information content (AvgIpc) is 3.60. The van der Waals surface area contributed by atoms with Crippen LogP contribution in [0.15, 0.2) is 92.6 Å². The van der Waals surface area contributed by atoms with E-state index >= 15 is 0 Å². The summed E-state index contributed by atoms with van der Waals surface area (Å²) in [5.41, 5.74) is 3.12. The van der Waals surface area contributed by atoms with Gasteiger partial charge in [-0.15, -0.1) is 0 Å². The standard InChI is InChI=1S/C27H21N5O5/c1-30(16-22-27(35)37-29-32(22)19-7-3-2-4-8-19)21-15-24(33)31(26(21)34)18-13-11-17(12-14-18)25-28-20-9-5-6-10-23(20)36-25/h2-14,21H,15-16H2,1H3/p+1. The Morgan fingerprint density at radius 1 is 1.00 bits per heavy atom. The van der Waals surface area contributed by atoms with Crippen LogP contribution in [0.1, 0.15) is 12.1 Å². The van der Waals surface area contributed by atoms with Crippen LogP contribution in [-0.4, -0.2) is 40.1 Å². The zero-order valence-electron chi connectivity index (χ0n) is 19.8. The van der Waals surface area contributed by atoms with E-state index in [4.69, 9.17) is 8.94 Å². The van der Waals surface area contributed by atoms with E-state index < -0.39 is 11.7 Å². The fourth-order valence-corrected chi connectivity index (χ4v) is 4.54. The second-order valence-electron chi connectivity index (χ2n) is 8.83. The summed E-state index contributed by atoms with van der Waals surface area (Å²) in [6.07, 6.45) is 0.00328. The number of imide groups is 1. The van der Waals surface area contributed by atoms with Crippen LogP contribution in [0.4, 0.5) is 5.69 Å². The Morgan fingerprint density at radius 2 is 1.73 bits per heavy atom. The molecular formula is C27H22N5O5+. The minimum atomic E-state index is -0.720. The van der Waals surface area contributed by atoms with Crippen LogP contribution < -0.4 is 15.2 Å². The van der Waals surface area contributed by atoms with E-state index in [0.717, 1.165) is 11.1 Å². The highest BCUT2D eigenvalue weighted by molar-refractivity contribution is 6.22. The Hall–Kier alpha value is -4.83. The van der Waals surface area contributed by atoms with Crippen LogP contribution in [0.25, 0.3) is 28.2 Å². The van der Waals surface area contributed by atoms with Crippen molar-refractivity contribution in [2.45, 2.75) is 19.0 Å². The molecule has 3 aromatic carbocycles. The van der Waals surface area contributed by atoms with Crippen molar-refractivity contribution in [3.8, 4) is 17.1 Å². The predicted octanol–water partition coefficient (Wildman–Crippen LogP) is 2.82. The lowest BCUT2D eigenvalue weighted by Crippen LogP contribution is -2.45. The molecule has 37 heavy (non-hydrogen) atoms. The number of H-pyrrole nitrogens is 1. The maximum Gasteiger partial charge on any atom is 0.431 e. The van der Waals surface area contributed by atoms with Gasteiger partial charge in [-0.1, -0.05) is 30.3 Å². The number of aromatic amines is 1. The third kappa shape index (κ3) is 4.03. The molecular weight excluding hydrogens is 474 g/mol. The molecule has 1 atom stereocenters. The highest BCUT2D eigenvalue weighted by Gasteiger charge is 2.43. The Kier molecular flexibility index (Phi) is 5.50. The summed E-state index contributed by atoms with van der Waals surface area (Å²) in [5, 5.41) is 2.60. The number of amides is 2. The van der Waals surface area contributed by atoms with Crippen molar-refractivity contribution in [1.29, 1.82) is 0 Å². The second-order valence-corrected chi connectivity index (χ2v) is 8.83. The van der Waals surface area contributed by atoms with Crippen LogP contribution >= 0.6 is 0 Å². The molecule has 0 bridgehead atoms. The number of anilines is 1. The maximum absolute atomic E-state index is 13.3. The van der Waals surface area contributed by atoms with Crippen LogP contribution in [-0.2, 0) is 16.1 Å². The molecule has 2 aromatic heterocycles. The summed E-state index contributed by atoms with van der Waals surface area (Å²) in [6, 6.07) is 22.9. The van der Waals surface area contributed by atoms with Gasteiger partial charge in [0.1, 0.15) is 5.52 Å². The fraction of sp³-hybridized carbons (Fsp3) is 0.148. The lowest BCUT2D eigenvalue weighted by Gasteiger charge is -2.21. The molecule has 1 unspecified atom stereocenters. The molecule has 2 amide bonds. The minimum absolute atomic E-state index is 0.00328. The third-order valence-corrected chi connectivity index (χ3v) is 6.47. The summed E-state index contributed by atoms with van der Waals surface area (Å²) < 4.78 is 12.3. The van der Waals surface area contributed by atoms with Gasteiger partial charge in [-0.25, -0.2) is 14.7 Å². The van der Waals surface area contributed by atoms with E-state index in [9.17, 15) is 14.4 Å². The summed E-state index contributed by atoms with van der Waals surface area (Å²) in [7, 11) is 1.71. The average molecular weight is 497 g/mol. The molecule has 1 fully saturated rings. The van der Waals surface area contributed by atoms with E-state index in [1.54, 1.807) is 36.2 Å². The molecule has 10 nitrogen and oxygen atoms in total. The summed E-state index contributed by atoms with van der Waals surface area (Å²) in [5.74, 6) is -0.205. The largest absolute Gasteiger partial charge is 0.436 e. The SMILES string of the molecule is CN(Cc1c(=O)o[nH][n+]1-c1ccccc1)C1CC(=O)N(c2ccc(-c3nc4ccccc4o3)cc2)C1=O. The lowest BCUT2D eigenvalue weighted by atomic mass is 10.2. The first-order valence-corrected chi connectivity index (χ1v) is 11.7. The van der Waals surface area contributed by atoms with Crippen LogP contribution in [0.5, 0.6) is 0 Å². The molecule has 0 aliphatic carbocycles. The third-order valence-electron chi connectivity index (χ3n) is 6.47. The fourth-order valence-electron chi connectivity index (χ4n) is 4.54. The Bertz CT molecular complexity index is 1640. The molecule has 3 heterocycles. The first kappa shape index (κ1) is 22.6. The van der Waals surface area contributed by atoms with Crippen LogP contribution in [0, 0.1) is 0 Å². The van der Waals surface area contributed by atoms with Crippen molar-refractivity contribution < 1.29 is 23.2 Å². The number of carbonyl (C=O) groups is 2. The van der Waals surface area contributed by atoms with Gasteiger partial charge < -0.3 is 4.42 Å². The quantitative estimate of drug-likeness (QED) is 0.284. The molecule has 184 valence electrons. The van der Waals surface area contributed by atoms with Gasteiger partial charge in [-0.05, 0) is 53.4 Å². The number of aromatic nitrogens is 3. The highest BCUT2D eigenvalue weighted by Crippen LogP contribution is 2.29. The number of likely N-dealkylation sites (N-methyl/N-ethyl adjacent to an activating group) is 1. The number of rotatable bonds is 6. The zero-order chi connectivity index (χ0) is 25.5. The van der Waals surface area contributed by atoms with E-state index in [1.165, 1.54) is 9.58 Å². The number of hydrogen-bond acceptors (Lipinski definition) is 7. The van der Waals surface area contributed by atoms with E-state index in [0.29, 0.717) is 28.5 Å². The van der Waals surface area contributed by atoms with Gasteiger partial charge in [0, 0.05) is 17.7 Å². The highest BCUT2D eigenvalue weighted by atomic mass is 16.5. The minimum Gasteiger partial charge on any atom is -0.436 e. The van der Waals surface area contributed by atoms with Gasteiger partial charge in [0.25, 0.3) is 5.91 Å².